The highest BCUT2D eigenvalue weighted by molar-refractivity contribution is 7.23. The van der Waals surface area contributed by atoms with Crippen molar-refractivity contribution in [3.05, 3.63) is 34.5 Å². The van der Waals surface area contributed by atoms with Gasteiger partial charge < -0.3 is 25.4 Å². The molecule has 4 aromatic rings. The van der Waals surface area contributed by atoms with Gasteiger partial charge in [0.15, 0.2) is 11.6 Å². The van der Waals surface area contributed by atoms with Gasteiger partial charge in [0, 0.05) is 49.1 Å². The molecule has 4 fully saturated rings. The number of nitrogens with zero attached hydrogens (tertiary/aromatic N) is 6. The van der Waals surface area contributed by atoms with Gasteiger partial charge >= 0.3 is 6.01 Å². The number of alkyl halides is 1. The van der Waals surface area contributed by atoms with Crippen molar-refractivity contribution in [1.29, 1.82) is 5.26 Å². The minimum Gasteiger partial charge on any atom is -0.461 e. The molecular weight excluding hydrogens is 617 g/mol. The SMILES string of the molecule is N#Cc1c(N)sc2c(F)cnc(-c3c4c(c5c(N6C7CCC6CNC7)nc(OC[C@@]67CCCN6CC(F)C7)nc5c3F)COC4)c12. The number of hydrogen-bond donors (Lipinski definition) is 2. The number of thiophene rings is 1. The van der Waals surface area contributed by atoms with Gasteiger partial charge in [-0.1, -0.05) is 0 Å². The average Bonchev–Trinajstić information content (AvgIpc) is 3.85. The highest BCUT2D eigenvalue weighted by Crippen LogP contribution is 2.48. The number of piperazine rings is 1. The number of pyridine rings is 1. The quantitative estimate of drug-likeness (QED) is 0.318. The highest BCUT2D eigenvalue weighted by atomic mass is 32.1. The van der Waals surface area contributed by atoms with E-state index in [9.17, 15) is 14.0 Å². The van der Waals surface area contributed by atoms with Crippen LogP contribution in [-0.2, 0) is 18.0 Å². The lowest BCUT2D eigenvalue weighted by molar-refractivity contribution is 0.107. The van der Waals surface area contributed by atoms with Crippen molar-refractivity contribution in [2.75, 3.05) is 43.4 Å². The summed E-state index contributed by atoms with van der Waals surface area (Å²) in [7, 11) is 0. The number of hydrogen-bond acceptors (Lipinski definition) is 11. The monoisotopic (exact) mass is 648 g/mol. The molecule has 0 amide bonds. The minimum atomic E-state index is -0.916. The summed E-state index contributed by atoms with van der Waals surface area (Å²) in [5.74, 6) is -0.704. The zero-order valence-electron chi connectivity index (χ0n) is 24.9. The Bertz CT molecular complexity index is 1970. The van der Waals surface area contributed by atoms with Crippen molar-refractivity contribution in [3.8, 4) is 23.3 Å². The second-order valence-corrected chi connectivity index (χ2v) is 14.2. The summed E-state index contributed by atoms with van der Waals surface area (Å²) in [6, 6.07) is 2.42. The molecule has 8 heterocycles. The first-order valence-corrected chi connectivity index (χ1v) is 16.6. The molecule has 0 radical (unpaired) electrons. The number of nitrogens with one attached hydrogen (secondary N) is 1. The maximum Gasteiger partial charge on any atom is 0.319 e. The van der Waals surface area contributed by atoms with Crippen LogP contribution in [0.3, 0.4) is 0 Å². The Labute approximate surface area is 266 Å². The van der Waals surface area contributed by atoms with E-state index in [2.05, 4.69) is 26.2 Å². The van der Waals surface area contributed by atoms with E-state index in [1.165, 1.54) is 0 Å². The van der Waals surface area contributed by atoms with E-state index in [-0.39, 0.29) is 75.3 Å². The number of aromatic nitrogens is 3. The second kappa shape index (κ2) is 10.4. The van der Waals surface area contributed by atoms with Crippen LogP contribution in [0.1, 0.15) is 48.8 Å². The third kappa shape index (κ3) is 4.01. The van der Waals surface area contributed by atoms with Crippen molar-refractivity contribution in [3.63, 3.8) is 0 Å². The van der Waals surface area contributed by atoms with Gasteiger partial charge in [0.2, 0.25) is 0 Å². The van der Waals surface area contributed by atoms with E-state index < -0.39 is 23.3 Å². The Kier molecular flexibility index (Phi) is 6.41. The van der Waals surface area contributed by atoms with Crippen molar-refractivity contribution in [2.24, 2.45) is 0 Å². The number of nitriles is 1. The second-order valence-electron chi connectivity index (χ2n) is 13.1. The van der Waals surface area contributed by atoms with Crippen LogP contribution in [0, 0.1) is 23.0 Å². The van der Waals surface area contributed by atoms with Gasteiger partial charge in [0.1, 0.15) is 35.2 Å². The fourth-order valence-electron chi connectivity index (χ4n) is 8.65. The molecule has 5 aliphatic heterocycles. The number of rotatable bonds is 5. The molecule has 4 saturated heterocycles. The van der Waals surface area contributed by atoms with Gasteiger partial charge in [0.25, 0.3) is 0 Å². The molecule has 3 unspecified atom stereocenters. The molecule has 2 bridgehead atoms. The van der Waals surface area contributed by atoms with Crippen molar-refractivity contribution in [1.82, 2.24) is 25.2 Å². The standard InChI is InChI=1S/C32H31F3N8O2S/c33-15-6-32(4-1-5-42(32)11-15)14-45-31-40-27-24(30(41-31)43-16-2-3-17(43)9-38-8-16)20-13-44-12-19(20)22(25(27)35)26-23-18(7-36)29(37)46-28(23)21(34)10-39-26/h10,15-17,38H,1-6,8-9,11-14,37H2/t15?,16?,17?,32-/m0/s1. The summed E-state index contributed by atoms with van der Waals surface area (Å²) < 4.78 is 59.2. The van der Waals surface area contributed by atoms with Crippen LogP contribution in [0.4, 0.5) is 24.0 Å². The summed E-state index contributed by atoms with van der Waals surface area (Å²) in [5, 5.41) is 14.3. The Morgan fingerprint density at radius 3 is 2.78 bits per heavy atom. The van der Waals surface area contributed by atoms with Gasteiger partial charge in [-0.15, -0.1) is 11.3 Å². The number of fused-ring (bicyclic) bond motifs is 7. The number of nitrogens with two attached hydrogens (primary N) is 1. The summed E-state index contributed by atoms with van der Waals surface area (Å²) in [6.07, 6.45) is 4.23. The van der Waals surface area contributed by atoms with E-state index in [0.717, 1.165) is 68.4 Å². The van der Waals surface area contributed by atoms with Crippen LogP contribution < -0.4 is 20.7 Å². The molecule has 46 heavy (non-hydrogen) atoms. The van der Waals surface area contributed by atoms with Gasteiger partial charge in [-0.2, -0.15) is 15.2 Å². The maximum absolute atomic E-state index is 17.3. The normalized spacial score (nSPS) is 27.1. The topological polar surface area (TPSA) is 125 Å². The number of nitrogen functional groups attached to an aromatic ring is 1. The minimum absolute atomic E-state index is 0.0300. The maximum atomic E-state index is 17.3. The van der Waals surface area contributed by atoms with Gasteiger partial charge in [0.05, 0.1) is 46.3 Å². The molecule has 0 spiro atoms. The molecule has 3 N–H and O–H groups in total. The third-order valence-corrected chi connectivity index (χ3v) is 11.7. The van der Waals surface area contributed by atoms with E-state index in [0.29, 0.717) is 29.7 Å². The predicted molar refractivity (Wildman–Crippen MR) is 166 cm³/mol. The van der Waals surface area contributed by atoms with Crippen LogP contribution in [-0.4, -0.2) is 76.4 Å². The van der Waals surface area contributed by atoms with E-state index in [1.807, 2.05) is 0 Å². The van der Waals surface area contributed by atoms with Crippen molar-refractivity contribution >= 4 is 43.1 Å². The Morgan fingerprint density at radius 1 is 1.17 bits per heavy atom. The van der Waals surface area contributed by atoms with E-state index in [1.54, 1.807) is 0 Å². The molecule has 10 nitrogen and oxygen atoms in total. The van der Waals surface area contributed by atoms with Crippen LogP contribution >= 0.6 is 11.3 Å². The first-order valence-electron chi connectivity index (χ1n) is 15.8. The zero-order chi connectivity index (χ0) is 31.3. The molecular formula is C32H31F3N8O2S. The van der Waals surface area contributed by atoms with Crippen LogP contribution in [0.5, 0.6) is 6.01 Å². The fourth-order valence-corrected chi connectivity index (χ4v) is 9.57. The predicted octanol–water partition coefficient (Wildman–Crippen LogP) is 4.56. The van der Waals surface area contributed by atoms with Crippen LogP contribution in [0.15, 0.2) is 6.20 Å². The lowest BCUT2D eigenvalue weighted by Gasteiger charge is -2.37. The molecule has 5 aliphatic rings. The first kappa shape index (κ1) is 28.5. The molecule has 1 aromatic carbocycles. The van der Waals surface area contributed by atoms with E-state index in [4.69, 9.17) is 25.2 Å². The molecule has 238 valence electrons. The van der Waals surface area contributed by atoms with Crippen molar-refractivity contribution in [2.45, 2.75) is 69.1 Å². The van der Waals surface area contributed by atoms with Gasteiger partial charge in [-0.3, -0.25) is 9.88 Å². The Hall–Kier alpha value is -3.77. The summed E-state index contributed by atoms with van der Waals surface area (Å²) >= 11 is 0.936. The largest absolute Gasteiger partial charge is 0.461 e. The highest BCUT2D eigenvalue weighted by Gasteiger charge is 2.49. The van der Waals surface area contributed by atoms with Gasteiger partial charge in [-0.05, 0) is 43.4 Å². The number of benzene rings is 1. The lowest BCUT2D eigenvalue weighted by atomic mass is 9.93. The van der Waals surface area contributed by atoms with Crippen LogP contribution in [0.2, 0.25) is 0 Å². The zero-order valence-corrected chi connectivity index (χ0v) is 25.7. The third-order valence-electron chi connectivity index (χ3n) is 10.7. The Balaban J connectivity index is 1.27. The Morgan fingerprint density at radius 2 is 1.98 bits per heavy atom. The molecule has 3 aromatic heterocycles. The van der Waals surface area contributed by atoms with E-state index >= 15 is 4.39 Å². The molecule has 14 heteroatoms. The number of anilines is 2. The first-order chi connectivity index (χ1) is 22.4. The smallest absolute Gasteiger partial charge is 0.319 e. The summed E-state index contributed by atoms with van der Waals surface area (Å²) in [6.45, 7) is 3.28. The number of ether oxygens (including phenoxy) is 2. The number of halogens is 3. The van der Waals surface area contributed by atoms with Crippen LogP contribution in [0.25, 0.3) is 32.2 Å². The summed E-state index contributed by atoms with van der Waals surface area (Å²) in [5.41, 5.74) is 7.32. The van der Waals surface area contributed by atoms with Gasteiger partial charge in [-0.25, -0.2) is 13.2 Å². The molecule has 0 aliphatic carbocycles. The molecule has 9 rings (SSSR count). The average molecular weight is 649 g/mol. The summed E-state index contributed by atoms with van der Waals surface area (Å²) in [4.78, 5) is 18.4. The molecule has 4 atom stereocenters. The fraction of sp³-hybridized carbons (Fsp3) is 0.500. The van der Waals surface area contributed by atoms with Crippen molar-refractivity contribution < 1.29 is 22.6 Å². The lowest BCUT2D eigenvalue weighted by Crippen LogP contribution is -2.52. The molecule has 0 saturated carbocycles.